The Labute approximate surface area is 168 Å². The molecule has 3 aromatic rings. The van der Waals surface area contributed by atoms with Crippen LogP contribution in [-0.2, 0) is 4.79 Å². The maximum Gasteiger partial charge on any atom is 0.260 e. The molecule has 150 valence electrons. The number of halogens is 1. The molecule has 1 aromatic heterocycles. The van der Waals surface area contributed by atoms with Crippen molar-refractivity contribution in [1.29, 1.82) is 0 Å². The normalized spacial score (nSPS) is 14.8. The minimum absolute atomic E-state index is 0.000426. The molecule has 1 fully saturated rings. The lowest BCUT2D eigenvalue weighted by atomic mass is 9.99. The van der Waals surface area contributed by atoms with Gasteiger partial charge in [0.25, 0.3) is 11.8 Å². The van der Waals surface area contributed by atoms with E-state index in [2.05, 4.69) is 17.1 Å². The molecule has 0 atom stereocenters. The number of rotatable bonds is 5. The molecule has 0 saturated carbocycles. The zero-order valence-electron chi connectivity index (χ0n) is 16.2. The number of benzene rings is 2. The lowest BCUT2D eigenvalue weighted by molar-refractivity contribution is -0.134. The minimum atomic E-state index is -0.327. The van der Waals surface area contributed by atoms with Gasteiger partial charge in [-0.05, 0) is 55.2 Å². The van der Waals surface area contributed by atoms with Gasteiger partial charge in [0.05, 0.1) is 0 Å². The molecule has 1 aliphatic heterocycles. The molecule has 0 radical (unpaired) electrons. The molecule has 7 heteroatoms. The predicted molar refractivity (Wildman–Crippen MR) is 106 cm³/mol. The molecule has 0 aliphatic carbocycles. The SMILES string of the molecule is CC1CCN(C(=O)COc2cccc(-c3noc(-c4ccc(F)cc4)n3)c2)CC1. The number of carbonyl (C=O) groups excluding carboxylic acids is 1. The summed E-state index contributed by atoms with van der Waals surface area (Å²) in [6.45, 7) is 3.80. The first-order valence-corrected chi connectivity index (χ1v) is 9.69. The van der Waals surface area contributed by atoms with E-state index in [0.717, 1.165) is 25.9 Å². The summed E-state index contributed by atoms with van der Waals surface area (Å²) < 4.78 is 24.1. The molecule has 1 saturated heterocycles. The number of piperidine rings is 1. The highest BCUT2D eigenvalue weighted by Gasteiger charge is 2.20. The number of aromatic nitrogens is 2. The van der Waals surface area contributed by atoms with Gasteiger partial charge in [-0.2, -0.15) is 4.98 Å². The first-order valence-electron chi connectivity index (χ1n) is 9.69. The maximum absolute atomic E-state index is 13.1. The lowest BCUT2D eigenvalue weighted by Gasteiger charge is -2.30. The van der Waals surface area contributed by atoms with E-state index in [0.29, 0.717) is 34.5 Å². The molecular weight excluding hydrogens is 373 g/mol. The fourth-order valence-electron chi connectivity index (χ4n) is 3.27. The van der Waals surface area contributed by atoms with Crippen LogP contribution in [0, 0.1) is 11.7 Å². The van der Waals surface area contributed by atoms with Crippen LogP contribution in [0.1, 0.15) is 19.8 Å². The van der Waals surface area contributed by atoms with Crippen LogP contribution in [0.25, 0.3) is 22.8 Å². The zero-order valence-corrected chi connectivity index (χ0v) is 16.2. The first kappa shape index (κ1) is 19.1. The van der Waals surface area contributed by atoms with Crippen LogP contribution in [0.3, 0.4) is 0 Å². The van der Waals surface area contributed by atoms with E-state index < -0.39 is 0 Å². The van der Waals surface area contributed by atoms with E-state index in [1.807, 2.05) is 17.0 Å². The third-order valence-electron chi connectivity index (χ3n) is 5.11. The second-order valence-electron chi connectivity index (χ2n) is 7.31. The second kappa shape index (κ2) is 8.43. The van der Waals surface area contributed by atoms with Crippen LogP contribution in [0.4, 0.5) is 4.39 Å². The largest absolute Gasteiger partial charge is 0.484 e. The number of ether oxygens (including phenoxy) is 1. The fourth-order valence-corrected chi connectivity index (χ4v) is 3.27. The summed E-state index contributed by atoms with van der Waals surface area (Å²) in [5, 5.41) is 3.99. The van der Waals surface area contributed by atoms with Crippen LogP contribution in [0.2, 0.25) is 0 Å². The number of likely N-dealkylation sites (tertiary alicyclic amines) is 1. The molecular formula is C22H22FN3O3. The molecule has 6 nitrogen and oxygen atoms in total. The Balaban J connectivity index is 1.41. The van der Waals surface area contributed by atoms with Gasteiger partial charge < -0.3 is 14.2 Å². The number of hydrogen-bond acceptors (Lipinski definition) is 5. The van der Waals surface area contributed by atoms with Gasteiger partial charge in [0, 0.05) is 24.2 Å². The molecule has 0 unspecified atom stereocenters. The molecule has 29 heavy (non-hydrogen) atoms. The third-order valence-corrected chi connectivity index (χ3v) is 5.11. The van der Waals surface area contributed by atoms with Gasteiger partial charge in [0.2, 0.25) is 5.82 Å². The van der Waals surface area contributed by atoms with E-state index in [4.69, 9.17) is 9.26 Å². The van der Waals surface area contributed by atoms with Gasteiger partial charge >= 0.3 is 0 Å². The van der Waals surface area contributed by atoms with E-state index in [1.165, 1.54) is 12.1 Å². The number of hydrogen-bond donors (Lipinski definition) is 0. The smallest absolute Gasteiger partial charge is 0.260 e. The topological polar surface area (TPSA) is 68.5 Å². The van der Waals surface area contributed by atoms with Crippen molar-refractivity contribution >= 4 is 5.91 Å². The van der Waals surface area contributed by atoms with Crippen molar-refractivity contribution < 1.29 is 18.4 Å². The summed E-state index contributed by atoms with van der Waals surface area (Å²) in [7, 11) is 0. The number of carbonyl (C=O) groups is 1. The van der Waals surface area contributed by atoms with E-state index >= 15 is 0 Å². The van der Waals surface area contributed by atoms with Crippen molar-refractivity contribution in [2.24, 2.45) is 5.92 Å². The van der Waals surface area contributed by atoms with Gasteiger partial charge in [-0.25, -0.2) is 4.39 Å². The van der Waals surface area contributed by atoms with Gasteiger partial charge in [0.1, 0.15) is 11.6 Å². The predicted octanol–water partition coefficient (Wildman–Crippen LogP) is 4.18. The molecule has 1 aliphatic rings. The Kier molecular flexibility index (Phi) is 5.55. The second-order valence-corrected chi connectivity index (χ2v) is 7.31. The highest BCUT2D eigenvalue weighted by molar-refractivity contribution is 5.78. The van der Waals surface area contributed by atoms with Crippen LogP contribution in [-0.4, -0.2) is 40.6 Å². The maximum atomic E-state index is 13.1. The van der Waals surface area contributed by atoms with Crippen LogP contribution in [0.5, 0.6) is 5.75 Å². The Hall–Kier alpha value is -3.22. The number of nitrogens with zero attached hydrogens (tertiary/aromatic N) is 3. The van der Waals surface area contributed by atoms with Crippen molar-refractivity contribution in [3.05, 3.63) is 54.3 Å². The lowest BCUT2D eigenvalue weighted by Crippen LogP contribution is -2.40. The standard InChI is InChI=1S/C22H22FN3O3/c1-15-9-11-26(12-10-15)20(27)14-28-19-4-2-3-17(13-19)21-24-22(29-25-21)16-5-7-18(23)8-6-16/h2-8,13,15H,9-12,14H2,1H3. The van der Waals surface area contributed by atoms with E-state index in [9.17, 15) is 9.18 Å². The molecule has 2 aromatic carbocycles. The van der Waals surface area contributed by atoms with Gasteiger partial charge in [0.15, 0.2) is 6.61 Å². The van der Waals surface area contributed by atoms with E-state index in [1.54, 1.807) is 24.3 Å². The summed E-state index contributed by atoms with van der Waals surface area (Å²) in [5.41, 5.74) is 1.35. The van der Waals surface area contributed by atoms with Crippen molar-refractivity contribution in [1.82, 2.24) is 15.0 Å². The van der Waals surface area contributed by atoms with Gasteiger partial charge in [-0.1, -0.05) is 24.2 Å². The monoisotopic (exact) mass is 395 g/mol. The zero-order chi connectivity index (χ0) is 20.2. The summed E-state index contributed by atoms with van der Waals surface area (Å²) in [4.78, 5) is 18.6. The Morgan fingerprint density at radius 3 is 2.69 bits per heavy atom. The molecule has 0 spiro atoms. The summed E-state index contributed by atoms with van der Waals surface area (Å²) in [6.07, 6.45) is 2.07. The average Bonchev–Trinajstić information content (AvgIpc) is 3.24. The quantitative estimate of drug-likeness (QED) is 0.648. The average molecular weight is 395 g/mol. The molecule has 2 heterocycles. The summed E-state index contributed by atoms with van der Waals surface area (Å²) >= 11 is 0. The van der Waals surface area contributed by atoms with Gasteiger partial charge in [-0.3, -0.25) is 4.79 Å². The van der Waals surface area contributed by atoms with Crippen molar-refractivity contribution in [2.45, 2.75) is 19.8 Å². The fraction of sp³-hybridized carbons (Fsp3) is 0.318. The molecule has 4 rings (SSSR count). The molecule has 1 amide bonds. The summed E-state index contributed by atoms with van der Waals surface area (Å²) in [6, 6.07) is 13.0. The molecule has 0 N–H and O–H groups in total. The Morgan fingerprint density at radius 2 is 1.93 bits per heavy atom. The first-order chi connectivity index (χ1) is 14.1. The van der Waals surface area contributed by atoms with Crippen molar-refractivity contribution in [3.63, 3.8) is 0 Å². The van der Waals surface area contributed by atoms with Crippen molar-refractivity contribution in [3.8, 4) is 28.6 Å². The highest BCUT2D eigenvalue weighted by Crippen LogP contribution is 2.25. The Morgan fingerprint density at radius 1 is 1.17 bits per heavy atom. The number of amides is 1. The molecule has 0 bridgehead atoms. The van der Waals surface area contributed by atoms with Crippen molar-refractivity contribution in [2.75, 3.05) is 19.7 Å². The minimum Gasteiger partial charge on any atom is -0.484 e. The van der Waals surface area contributed by atoms with Crippen LogP contribution in [0.15, 0.2) is 53.1 Å². The highest BCUT2D eigenvalue weighted by atomic mass is 19.1. The van der Waals surface area contributed by atoms with E-state index in [-0.39, 0.29) is 18.3 Å². The third kappa shape index (κ3) is 4.62. The summed E-state index contributed by atoms with van der Waals surface area (Å²) in [5.74, 6) is 1.61. The van der Waals surface area contributed by atoms with Crippen LogP contribution >= 0.6 is 0 Å². The van der Waals surface area contributed by atoms with Gasteiger partial charge in [-0.15, -0.1) is 0 Å². The van der Waals surface area contributed by atoms with Crippen LogP contribution < -0.4 is 4.74 Å². The Bertz CT molecular complexity index is 979.